The zero-order valence-corrected chi connectivity index (χ0v) is 35.9. The summed E-state index contributed by atoms with van der Waals surface area (Å²) in [5.41, 5.74) is 12.8. The first-order valence-corrected chi connectivity index (χ1v) is 22.2. The van der Waals surface area contributed by atoms with Gasteiger partial charge in [-0.15, -0.1) is 0 Å². The highest BCUT2D eigenvalue weighted by Gasteiger charge is 2.30. The Hall–Kier alpha value is -8.88. The molecule has 4 nitrogen and oxygen atoms in total. The molecule has 2 N–H and O–H groups in total. The summed E-state index contributed by atoms with van der Waals surface area (Å²) in [5, 5.41) is 3.24. The van der Waals surface area contributed by atoms with Crippen LogP contribution in [0.15, 0.2) is 194 Å². The zero-order valence-electron chi connectivity index (χ0n) is 35.9. The van der Waals surface area contributed by atoms with Crippen LogP contribution in [0.25, 0.3) is 133 Å². The first-order valence-electron chi connectivity index (χ1n) is 22.2. The van der Waals surface area contributed by atoms with E-state index in [2.05, 4.69) is 9.97 Å². The molecule has 0 spiro atoms. The lowest BCUT2D eigenvalue weighted by Crippen LogP contribution is -1.89. The maximum Gasteiger partial charge on any atom is 0.123 e. The molecule has 0 amide bonds. The minimum absolute atomic E-state index is 0.427. The van der Waals surface area contributed by atoms with E-state index in [0.29, 0.717) is 89.4 Å². The Bertz CT molecular complexity index is 3590. The largest absolute Gasteiger partial charge is 0.353 e. The van der Waals surface area contributed by atoms with Crippen molar-refractivity contribution in [3.8, 4) is 89.5 Å². The minimum atomic E-state index is -0.427. The summed E-state index contributed by atoms with van der Waals surface area (Å²) >= 11 is 0. The van der Waals surface area contributed by atoms with E-state index in [9.17, 15) is 0 Å². The predicted octanol–water partition coefficient (Wildman–Crippen LogP) is 16.5. The second kappa shape index (κ2) is 15.4. The van der Waals surface area contributed by atoms with Crippen molar-refractivity contribution < 1.29 is 17.6 Å². The van der Waals surface area contributed by atoms with E-state index in [4.69, 9.17) is 9.97 Å². The van der Waals surface area contributed by atoms with Crippen molar-refractivity contribution in [2.45, 2.75) is 0 Å². The van der Waals surface area contributed by atoms with E-state index >= 15 is 17.6 Å². The number of hydrogen-bond acceptors (Lipinski definition) is 2. The standard InChI is InChI=1S/C60H34F4N4/c61-37-17-9-13-33(29-37)49-53-41-21-1-2-22-42(41)54(65-53)50(34-14-10-18-38(62)30-34)56-45-25-5-6-26-46(45)58(67-56)52(36-16-12-20-40(64)32-36)60-48-28-8-7-27-47(48)59(68-60)51(35-15-11-19-39(63)31-35)57-44-24-4-3-23-43(44)55(49)66-57/h1-32,65,68H. The van der Waals surface area contributed by atoms with Gasteiger partial charge >= 0.3 is 0 Å². The van der Waals surface area contributed by atoms with Crippen LogP contribution >= 0.6 is 0 Å². The molecular formula is C60H34F4N4. The average molecular weight is 887 g/mol. The van der Waals surface area contributed by atoms with Crippen LogP contribution < -0.4 is 0 Å². The smallest absolute Gasteiger partial charge is 0.123 e. The number of halogens is 4. The molecule has 0 saturated carbocycles. The quantitative estimate of drug-likeness (QED) is 0.173. The number of aromatic nitrogens is 4. The van der Waals surface area contributed by atoms with Crippen LogP contribution in [0.4, 0.5) is 17.6 Å². The Kier molecular flexibility index (Phi) is 8.92. The zero-order chi connectivity index (χ0) is 45.6. The van der Waals surface area contributed by atoms with E-state index < -0.39 is 23.3 Å². The van der Waals surface area contributed by atoms with Gasteiger partial charge in [-0.25, -0.2) is 27.5 Å². The summed E-state index contributed by atoms with van der Waals surface area (Å²) in [6, 6.07) is 57.6. The van der Waals surface area contributed by atoms with Crippen molar-refractivity contribution in [2.24, 2.45) is 0 Å². The third-order valence-electron chi connectivity index (χ3n) is 13.2. The summed E-state index contributed by atoms with van der Waals surface area (Å²) in [4.78, 5) is 18.9. The van der Waals surface area contributed by atoms with Crippen molar-refractivity contribution in [1.82, 2.24) is 19.9 Å². The van der Waals surface area contributed by atoms with E-state index in [-0.39, 0.29) is 0 Å². The molecule has 8 heteroatoms. The highest BCUT2D eigenvalue weighted by molar-refractivity contribution is 6.21. The second-order valence-electron chi connectivity index (χ2n) is 17.1. The third-order valence-corrected chi connectivity index (χ3v) is 13.2. The summed E-state index contributed by atoms with van der Waals surface area (Å²) in [6.07, 6.45) is 0. The number of benzene rings is 8. The summed E-state index contributed by atoms with van der Waals surface area (Å²) < 4.78 is 62.8. The van der Waals surface area contributed by atoms with E-state index in [1.54, 1.807) is 24.3 Å². The lowest BCUT2D eigenvalue weighted by atomic mass is 9.93. The highest BCUT2D eigenvalue weighted by Crippen LogP contribution is 2.52. The number of aromatic amines is 2. The van der Waals surface area contributed by atoms with Gasteiger partial charge in [0.05, 0.1) is 44.8 Å². The molecule has 2 aliphatic heterocycles. The van der Waals surface area contributed by atoms with Crippen molar-refractivity contribution >= 4 is 43.6 Å². The van der Waals surface area contributed by atoms with Crippen LogP contribution in [0.3, 0.4) is 0 Å². The van der Waals surface area contributed by atoms with E-state index in [1.165, 1.54) is 48.5 Å². The van der Waals surface area contributed by atoms with E-state index in [0.717, 1.165) is 43.8 Å². The topological polar surface area (TPSA) is 57.4 Å². The Morgan fingerprint density at radius 3 is 0.735 bits per heavy atom. The monoisotopic (exact) mass is 886 g/mol. The van der Waals surface area contributed by atoms with Gasteiger partial charge in [-0.3, -0.25) is 0 Å². The van der Waals surface area contributed by atoms with Crippen molar-refractivity contribution in [3.05, 3.63) is 217 Å². The molecule has 322 valence electrons. The molecule has 0 atom stereocenters. The second-order valence-corrected chi connectivity index (χ2v) is 17.1. The number of nitrogens with zero attached hydrogens (tertiary/aromatic N) is 2. The average Bonchev–Trinajstić information content (AvgIpc) is 4.12. The van der Waals surface area contributed by atoms with Crippen LogP contribution in [0.2, 0.25) is 0 Å². The van der Waals surface area contributed by atoms with E-state index in [1.807, 2.05) is 121 Å². The third kappa shape index (κ3) is 6.14. The fourth-order valence-corrected chi connectivity index (χ4v) is 10.3. The fourth-order valence-electron chi connectivity index (χ4n) is 10.3. The van der Waals surface area contributed by atoms with Gasteiger partial charge in [0.25, 0.3) is 0 Å². The van der Waals surface area contributed by atoms with Gasteiger partial charge in [0.2, 0.25) is 0 Å². The van der Waals surface area contributed by atoms with Crippen LogP contribution in [-0.2, 0) is 0 Å². The SMILES string of the molecule is Fc1cccc(-c2c3nc(c(-c4cccc(F)c4)c4[nH]c(c(-c5cccc(F)c5)c5nc(c(-c6cccc(F)c6)c6[nH]c2c2ccccc62)-c2ccccc2-5)c2ccccc42)-c2ccccc2-3)c1. The maximum absolute atomic E-state index is 15.7. The molecule has 13 rings (SSSR count). The van der Waals surface area contributed by atoms with Crippen LogP contribution in [0, 0.1) is 23.3 Å². The molecule has 0 radical (unpaired) electrons. The molecule has 10 aromatic rings. The predicted molar refractivity (Wildman–Crippen MR) is 266 cm³/mol. The molecule has 0 saturated heterocycles. The van der Waals surface area contributed by atoms with Crippen molar-refractivity contribution in [2.75, 3.05) is 0 Å². The molecule has 1 aliphatic carbocycles. The molecule has 2 aromatic heterocycles. The molecular weight excluding hydrogens is 853 g/mol. The molecule has 0 fully saturated rings. The molecule has 0 unspecified atom stereocenters. The minimum Gasteiger partial charge on any atom is -0.353 e. The first kappa shape index (κ1) is 39.5. The number of nitrogens with one attached hydrogen (secondary N) is 2. The van der Waals surface area contributed by atoms with Crippen LogP contribution in [-0.4, -0.2) is 19.9 Å². The summed E-state index contributed by atoms with van der Waals surface area (Å²) in [5.74, 6) is -1.71. The Labute approximate surface area is 386 Å². The van der Waals surface area contributed by atoms with Crippen molar-refractivity contribution in [1.29, 1.82) is 0 Å². The highest BCUT2D eigenvalue weighted by atomic mass is 19.1. The molecule has 68 heavy (non-hydrogen) atoms. The van der Waals surface area contributed by atoms with Gasteiger partial charge in [-0.05, 0) is 70.8 Å². The lowest BCUT2D eigenvalue weighted by molar-refractivity contribution is 0.628. The van der Waals surface area contributed by atoms with Gasteiger partial charge in [0.15, 0.2) is 0 Å². The maximum atomic E-state index is 15.7. The number of rotatable bonds is 4. The van der Waals surface area contributed by atoms with Gasteiger partial charge < -0.3 is 9.97 Å². The Morgan fingerprint density at radius 2 is 0.500 bits per heavy atom. The molecule has 4 heterocycles. The first-order chi connectivity index (χ1) is 33.4. The number of H-pyrrole nitrogens is 2. The van der Waals surface area contributed by atoms with Gasteiger partial charge in [-0.1, -0.05) is 146 Å². The summed E-state index contributed by atoms with van der Waals surface area (Å²) in [7, 11) is 0. The van der Waals surface area contributed by atoms with Crippen molar-refractivity contribution in [3.63, 3.8) is 0 Å². The Morgan fingerprint density at radius 1 is 0.265 bits per heavy atom. The molecule has 8 aromatic carbocycles. The molecule has 3 aliphatic rings. The normalized spacial score (nSPS) is 11.8. The lowest BCUT2D eigenvalue weighted by Gasteiger charge is -2.09. The number of hydrogen-bond donors (Lipinski definition) is 2. The van der Waals surface area contributed by atoms with Crippen LogP contribution in [0.1, 0.15) is 0 Å². The van der Waals surface area contributed by atoms with Gasteiger partial charge in [-0.2, -0.15) is 0 Å². The summed E-state index contributed by atoms with van der Waals surface area (Å²) in [6.45, 7) is 0. The fraction of sp³-hybridized carbons (Fsp3) is 0. The Balaban J connectivity index is 1.39. The molecule has 8 bridgehead atoms. The van der Waals surface area contributed by atoms with Gasteiger partial charge in [0.1, 0.15) is 23.3 Å². The van der Waals surface area contributed by atoms with Gasteiger partial charge in [0, 0.05) is 66.1 Å². The van der Waals surface area contributed by atoms with Crippen LogP contribution in [0.5, 0.6) is 0 Å².